The van der Waals surface area contributed by atoms with Gasteiger partial charge >= 0.3 is 11.9 Å². The van der Waals surface area contributed by atoms with Gasteiger partial charge in [0.2, 0.25) is 5.75 Å². The monoisotopic (exact) mass is 355 g/mol. The van der Waals surface area contributed by atoms with Gasteiger partial charge in [-0.25, -0.2) is 0 Å². The van der Waals surface area contributed by atoms with E-state index in [1.165, 1.54) is 30.3 Å². The summed E-state index contributed by atoms with van der Waals surface area (Å²) in [5.41, 5.74) is -0.869. The summed E-state index contributed by atoms with van der Waals surface area (Å²) in [6, 6.07) is 8.15. The molecule has 2 aromatic rings. The van der Waals surface area contributed by atoms with Crippen molar-refractivity contribution in [3.63, 3.8) is 0 Å². The molecule has 2 aromatic carbocycles. The third-order valence-corrected chi connectivity index (χ3v) is 3.46. The fraction of sp³-hybridized carbons (Fsp3) is 0.250. The fourth-order valence-electron chi connectivity index (χ4n) is 2.32. The standard InChI is InChI=1S/C16H12F3NO5/c17-16(18,19)11-2-1-3-12(9-11)25-14-5-4-10(8-13(14)20(21)22)15-23-6-7-24-15/h1-5,8-9,15H,6-7H2. The highest BCUT2D eigenvalue weighted by molar-refractivity contribution is 5.51. The number of hydrogen-bond donors (Lipinski definition) is 0. The van der Waals surface area contributed by atoms with Gasteiger partial charge in [0, 0.05) is 11.6 Å². The lowest BCUT2D eigenvalue weighted by atomic mass is 10.1. The average molecular weight is 355 g/mol. The quantitative estimate of drug-likeness (QED) is 0.598. The minimum absolute atomic E-state index is 0.154. The molecule has 25 heavy (non-hydrogen) atoms. The van der Waals surface area contributed by atoms with Gasteiger partial charge in [0.1, 0.15) is 5.75 Å². The minimum Gasteiger partial charge on any atom is -0.450 e. The molecule has 0 aliphatic carbocycles. The number of hydrogen-bond acceptors (Lipinski definition) is 5. The first-order valence-corrected chi connectivity index (χ1v) is 7.21. The Kier molecular flexibility index (Phi) is 4.60. The van der Waals surface area contributed by atoms with Crippen LogP contribution in [0, 0.1) is 10.1 Å². The Bertz CT molecular complexity index is 788. The smallest absolute Gasteiger partial charge is 0.416 e. The number of rotatable bonds is 4. The van der Waals surface area contributed by atoms with Crippen molar-refractivity contribution < 1.29 is 32.3 Å². The van der Waals surface area contributed by atoms with Crippen LogP contribution in [0.2, 0.25) is 0 Å². The molecule has 1 heterocycles. The third kappa shape index (κ3) is 3.89. The maximum atomic E-state index is 12.7. The van der Waals surface area contributed by atoms with Crippen LogP contribution in [0.15, 0.2) is 42.5 Å². The lowest BCUT2D eigenvalue weighted by molar-refractivity contribution is -0.385. The van der Waals surface area contributed by atoms with E-state index < -0.39 is 28.6 Å². The van der Waals surface area contributed by atoms with E-state index in [1.807, 2.05) is 0 Å². The second kappa shape index (κ2) is 6.69. The summed E-state index contributed by atoms with van der Waals surface area (Å²) in [4.78, 5) is 10.6. The predicted octanol–water partition coefficient (Wildman–Crippen LogP) is 4.45. The van der Waals surface area contributed by atoms with Crippen molar-refractivity contribution in [3.05, 3.63) is 63.7 Å². The third-order valence-electron chi connectivity index (χ3n) is 3.46. The summed E-state index contributed by atoms with van der Waals surface area (Å²) in [5, 5.41) is 11.3. The molecule has 1 fully saturated rings. The molecule has 0 spiro atoms. The Labute approximate surface area is 139 Å². The highest BCUT2D eigenvalue weighted by Crippen LogP contribution is 2.37. The van der Waals surface area contributed by atoms with Crippen LogP contribution in [0.25, 0.3) is 0 Å². The van der Waals surface area contributed by atoms with E-state index in [0.29, 0.717) is 18.8 Å². The molecule has 9 heteroatoms. The van der Waals surface area contributed by atoms with Crippen LogP contribution in [0.3, 0.4) is 0 Å². The average Bonchev–Trinajstić information content (AvgIpc) is 3.09. The second-order valence-corrected chi connectivity index (χ2v) is 5.19. The Morgan fingerprint density at radius 1 is 1.12 bits per heavy atom. The molecule has 0 radical (unpaired) electrons. The molecule has 0 N–H and O–H groups in total. The molecule has 6 nitrogen and oxygen atoms in total. The number of nitro benzene ring substituents is 1. The van der Waals surface area contributed by atoms with Gasteiger partial charge in [0.15, 0.2) is 6.29 Å². The number of ether oxygens (including phenoxy) is 3. The van der Waals surface area contributed by atoms with E-state index in [0.717, 1.165) is 12.1 Å². The largest absolute Gasteiger partial charge is 0.450 e. The molecule has 132 valence electrons. The molecule has 1 aliphatic rings. The zero-order chi connectivity index (χ0) is 18.0. The van der Waals surface area contributed by atoms with Crippen molar-refractivity contribution in [2.75, 3.05) is 13.2 Å². The highest BCUT2D eigenvalue weighted by Gasteiger charge is 2.31. The van der Waals surface area contributed by atoms with Crippen molar-refractivity contribution in [3.8, 4) is 11.5 Å². The molecular formula is C16H12F3NO5. The van der Waals surface area contributed by atoms with Crippen LogP contribution in [0.1, 0.15) is 17.4 Å². The molecule has 3 rings (SSSR count). The molecule has 0 bridgehead atoms. The number of benzene rings is 2. The maximum absolute atomic E-state index is 12.7. The van der Waals surface area contributed by atoms with Gasteiger partial charge < -0.3 is 14.2 Å². The van der Waals surface area contributed by atoms with Crippen molar-refractivity contribution >= 4 is 5.69 Å². The first-order valence-electron chi connectivity index (χ1n) is 7.21. The topological polar surface area (TPSA) is 70.8 Å². The lowest BCUT2D eigenvalue weighted by Gasteiger charge is -2.12. The van der Waals surface area contributed by atoms with Crippen molar-refractivity contribution in [1.82, 2.24) is 0 Å². The van der Waals surface area contributed by atoms with Crippen LogP contribution in [0.5, 0.6) is 11.5 Å². The zero-order valence-electron chi connectivity index (χ0n) is 12.7. The maximum Gasteiger partial charge on any atom is 0.416 e. The molecule has 0 aromatic heterocycles. The van der Waals surface area contributed by atoms with Crippen LogP contribution in [-0.2, 0) is 15.7 Å². The normalized spacial score (nSPS) is 15.3. The van der Waals surface area contributed by atoms with Gasteiger partial charge in [-0.2, -0.15) is 13.2 Å². The molecule has 0 atom stereocenters. The minimum atomic E-state index is -4.54. The summed E-state index contributed by atoms with van der Waals surface area (Å²) in [5.74, 6) is -0.329. The molecular weight excluding hydrogens is 343 g/mol. The molecule has 1 saturated heterocycles. The van der Waals surface area contributed by atoms with E-state index in [9.17, 15) is 23.3 Å². The van der Waals surface area contributed by atoms with Crippen LogP contribution in [0.4, 0.5) is 18.9 Å². The van der Waals surface area contributed by atoms with Crippen LogP contribution >= 0.6 is 0 Å². The number of nitro groups is 1. The highest BCUT2D eigenvalue weighted by atomic mass is 19.4. The van der Waals surface area contributed by atoms with Crippen LogP contribution < -0.4 is 4.74 Å². The van der Waals surface area contributed by atoms with E-state index in [2.05, 4.69) is 0 Å². The molecule has 0 unspecified atom stereocenters. The Balaban J connectivity index is 1.90. The molecule has 0 amide bonds. The first kappa shape index (κ1) is 17.2. The van der Waals surface area contributed by atoms with Crippen LogP contribution in [-0.4, -0.2) is 18.1 Å². The van der Waals surface area contributed by atoms with Crippen molar-refractivity contribution in [2.45, 2.75) is 12.5 Å². The van der Waals surface area contributed by atoms with Gasteiger partial charge in [0.05, 0.1) is 23.7 Å². The SMILES string of the molecule is O=[N+]([O-])c1cc(C2OCCO2)ccc1Oc1cccc(C(F)(F)F)c1. The lowest BCUT2D eigenvalue weighted by Crippen LogP contribution is -2.05. The predicted molar refractivity (Wildman–Crippen MR) is 79.3 cm³/mol. The van der Waals surface area contributed by atoms with Gasteiger partial charge in [-0.1, -0.05) is 6.07 Å². The Hall–Kier alpha value is -2.65. The molecule has 0 saturated carbocycles. The van der Waals surface area contributed by atoms with Crippen molar-refractivity contribution in [2.24, 2.45) is 0 Å². The summed E-state index contributed by atoms with van der Waals surface area (Å²) in [7, 11) is 0. The van der Waals surface area contributed by atoms with E-state index in [-0.39, 0.29) is 11.5 Å². The summed E-state index contributed by atoms with van der Waals surface area (Å²) < 4.78 is 54.1. The van der Waals surface area contributed by atoms with Gasteiger partial charge in [0.25, 0.3) is 0 Å². The van der Waals surface area contributed by atoms with E-state index >= 15 is 0 Å². The summed E-state index contributed by atoms with van der Waals surface area (Å²) in [6.45, 7) is 0.752. The Morgan fingerprint density at radius 3 is 2.48 bits per heavy atom. The number of halogens is 3. The van der Waals surface area contributed by atoms with Gasteiger partial charge in [-0.15, -0.1) is 0 Å². The summed E-state index contributed by atoms with van der Waals surface area (Å²) in [6.07, 6.45) is -5.24. The van der Waals surface area contributed by atoms with Crippen molar-refractivity contribution in [1.29, 1.82) is 0 Å². The van der Waals surface area contributed by atoms with Gasteiger partial charge in [-0.3, -0.25) is 10.1 Å². The fourth-order valence-corrected chi connectivity index (χ4v) is 2.32. The second-order valence-electron chi connectivity index (χ2n) is 5.19. The Morgan fingerprint density at radius 2 is 1.84 bits per heavy atom. The van der Waals surface area contributed by atoms with E-state index in [1.54, 1.807) is 0 Å². The summed E-state index contributed by atoms with van der Waals surface area (Å²) >= 11 is 0. The number of nitrogens with zero attached hydrogens (tertiary/aromatic N) is 1. The zero-order valence-corrected chi connectivity index (χ0v) is 12.7. The molecule has 1 aliphatic heterocycles. The number of alkyl halides is 3. The van der Waals surface area contributed by atoms with E-state index in [4.69, 9.17) is 14.2 Å². The van der Waals surface area contributed by atoms with Gasteiger partial charge in [-0.05, 0) is 30.3 Å². The first-order chi connectivity index (χ1) is 11.8.